The van der Waals surface area contributed by atoms with E-state index in [0.717, 1.165) is 0 Å². The Kier molecular flexibility index (Phi) is 2.55. The third-order valence-corrected chi connectivity index (χ3v) is 2.24. The number of hydrogen-bond donors (Lipinski definition) is 2. The number of benzene rings is 1. The van der Waals surface area contributed by atoms with Crippen molar-refractivity contribution >= 4 is 11.5 Å². The van der Waals surface area contributed by atoms with Gasteiger partial charge < -0.3 is 10.8 Å². The summed E-state index contributed by atoms with van der Waals surface area (Å²) in [6.07, 6.45) is 3.03. The zero-order valence-corrected chi connectivity index (χ0v) is 8.42. The molecule has 0 saturated carbocycles. The van der Waals surface area contributed by atoms with Crippen LogP contribution in [0, 0.1) is 0 Å². The van der Waals surface area contributed by atoms with E-state index in [-0.39, 0.29) is 22.8 Å². The van der Waals surface area contributed by atoms with E-state index in [4.69, 9.17) is 5.73 Å². The van der Waals surface area contributed by atoms with E-state index in [2.05, 4.69) is 4.98 Å². The number of carbonyl (C=O) groups is 1. The molecule has 3 N–H and O–H groups in total. The number of nitrogens with two attached hydrogens (primary N) is 1. The molecule has 1 heterocycles. The van der Waals surface area contributed by atoms with Gasteiger partial charge in [0.15, 0.2) is 5.78 Å². The quantitative estimate of drug-likeness (QED) is 0.452. The van der Waals surface area contributed by atoms with Crippen molar-refractivity contribution in [2.45, 2.75) is 0 Å². The number of aromatic hydroxyl groups is 1. The molecule has 4 heteroatoms. The predicted molar refractivity (Wildman–Crippen MR) is 60.2 cm³/mol. The van der Waals surface area contributed by atoms with Gasteiger partial charge in [-0.05, 0) is 24.3 Å². The van der Waals surface area contributed by atoms with Gasteiger partial charge in [0.25, 0.3) is 0 Å². The summed E-state index contributed by atoms with van der Waals surface area (Å²) >= 11 is 0. The molecule has 2 rings (SSSR count). The lowest BCUT2D eigenvalue weighted by Gasteiger charge is -2.05. The highest BCUT2D eigenvalue weighted by Crippen LogP contribution is 2.26. The highest BCUT2D eigenvalue weighted by molar-refractivity contribution is 6.11. The Labute approximate surface area is 92.4 Å². The minimum absolute atomic E-state index is 0.184. The van der Waals surface area contributed by atoms with Crippen molar-refractivity contribution in [1.29, 1.82) is 0 Å². The van der Waals surface area contributed by atoms with Crippen molar-refractivity contribution < 1.29 is 9.90 Å². The smallest absolute Gasteiger partial charge is 0.198 e. The van der Waals surface area contributed by atoms with Gasteiger partial charge in [0.05, 0.1) is 11.3 Å². The molecule has 0 atom stereocenters. The lowest BCUT2D eigenvalue weighted by Crippen LogP contribution is -2.03. The molecule has 0 aliphatic carbocycles. The fourth-order valence-corrected chi connectivity index (χ4v) is 1.40. The number of hydrogen-bond acceptors (Lipinski definition) is 4. The molecule has 0 aliphatic rings. The Hall–Kier alpha value is -2.36. The molecule has 0 saturated heterocycles. The number of nitrogens with zero attached hydrogens (tertiary/aromatic N) is 1. The SMILES string of the molecule is Nc1cccc(C(=O)c2cccnc2)c1O. The van der Waals surface area contributed by atoms with Crippen LogP contribution in [-0.2, 0) is 0 Å². The Morgan fingerprint density at radius 3 is 2.75 bits per heavy atom. The fraction of sp³-hybridized carbons (Fsp3) is 0. The molecule has 2 aromatic rings. The van der Waals surface area contributed by atoms with Crippen LogP contribution in [0.2, 0.25) is 0 Å². The topological polar surface area (TPSA) is 76.2 Å². The number of phenols is 1. The molecule has 1 aromatic carbocycles. The van der Waals surface area contributed by atoms with Crippen molar-refractivity contribution in [2.75, 3.05) is 5.73 Å². The average molecular weight is 214 g/mol. The number of para-hydroxylation sites is 1. The summed E-state index contributed by atoms with van der Waals surface area (Å²) in [6.45, 7) is 0. The first kappa shape index (κ1) is 10.2. The van der Waals surface area contributed by atoms with Crippen LogP contribution in [0.4, 0.5) is 5.69 Å². The van der Waals surface area contributed by atoms with E-state index in [1.165, 1.54) is 18.3 Å². The first-order valence-corrected chi connectivity index (χ1v) is 4.72. The van der Waals surface area contributed by atoms with Gasteiger partial charge in [0, 0.05) is 18.0 Å². The first-order valence-electron chi connectivity index (χ1n) is 4.72. The van der Waals surface area contributed by atoms with E-state index in [9.17, 15) is 9.90 Å². The van der Waals surface area contributed by atoms with Gasteiger partial charge in [-0.1, -0.05) is 6.07 Å². The number of rotatable bonds is 2. The molecule has 0 aliphatic heterocycles. The van der Waals surface area contributed by atoms with Crippen molar-refractivity contribution in [1.82, 2.24) is 4.98 Å². The summed E-state index contributed by atoms with van der Waals surface area (Å²) < 4.78 is 0. The number of pyridine rings is 1. The number of aromatic nitrogens is 1. The predicted octanol–water partition coefficient (Wildman–Crippen LogP) is 1.60. The normalized spacial score (nSPS) is 10.0. The van der Waals surface area contributed by atoms with Crippen LogP contribution in [-0.4, -0.2) is 15.9 Å². The van der Waals surface area contributed by atoms with Crippen LogP contribution < -0.4 is 5.73 Å². The molecule has 4 nitrogen and oxygen atoms in total. The molecular formula is C12H10N2O2. The van der Waals surface area contributed by atoms with Crippen LogP contribution in [0.5, 0.6) is 5.75 Å². The Balaban J connectivity index is 2.46. The average Bonchev–Trinajstić information content (AvgIpc) is 2.33. The fourth-order valence-electron chi connectivity index (χ4n) is 1.40. The van der Waals surface area contributed by atoms with E-state index >= 15 is 0 Å². The second-order valence-electron chi connectivity index (χ2n) is 3.31. The van der Waals surface area contributed by atoms with E-state index in [0.29, 0.717) is 5.56 Å². The van der Waals surface area contributed by atoms with Crippen molar-refractivity contribution in [3.63, 3.8) is 0 Å². The van der Waals surface area contributed by atoms with Gasteiger partial charge in [0.1, 0.15) is 5.75 Å². The number of carbonyl (C=O) groups excluding carboxylic acids is 1. The minimum Gasteiger partial charge on any atom is -0.505 e. The number of phenolic OH excluding ortho intramolecular Hbond substituents is 1. The Morgan fingerprint density at radius 2 is 2.06 bits per heavy atom. The molecule has 80 valence electrons. The van der Waals surface area contributed by atoms with Crippen LogP contribution in [0.25, 0.3) is 0 Å². The van der Waals surface area contributed by atoms with Gasteiger partial charge in [-0.3, -0.25) is 9.78 Å². The Morgan fingerprint density at radius 1 is 1.25 bits per heavy atom. The highest BCUT2D eigenvalue weighted by atomic mass is 16.3. The van der Waals surface area contributed by atoms with Gasteiger partial charge in [-0.15, -0.1) is 0 Å². The third kappa shape index (κ3) is 1.72. The third-order valence-electron chi connectivity index (χ3n) is 2.24. The Bertz CT molecular complexity index is 524. The standard InChI is InChI=1S/C12H10N2O2/c13-10-5-1-4-9(12(10)16)11(15)8-3-2-6-14-7-8/h1-7,16H,13H2. The summed E-state index contributed by atoms with van der Waals surface area (Å²) in [5.41, 5.74) is 6.32. The maximum atomic E-state index is 12.0. The summed E-state index contributed by atoms with van der Waals surface area (Å²) in [4.78, 5) is 15.8. The molecule has 16 heavy (non-hydrogen) atoms. The largest absolute Gasteiger partial charge is 0.505 e. The summed E-state index contributed by atoms with van der Waals surface area (Å²) in [5, 5.41) is 9.66. The molecule has 1 aromatic heterocycles. The van der Waals surface area contributed by atoms with Gasteiger partial charge in [-0.2, -0.15) is 0 Å². The molecule has 0 amide bonds. The van der Waals surface area contributed by atoms with Crippen LogP contribution >= 0.6 is 0 Å². The zero-order valence-electron chi connectivity index (χ0n) is 8.42. The van der Waals surface area contributed by atoms with E-state index < -0.39 is 0 Å². The zero-order chi connectivity index (χ0) is 11.5. The van der Waals surface area contributed by atoms with Crippen molar-refractivity contribution in [3.8, 4) is 5.75 Å². The van der Waals surface area contributed by atoms with Crippen LogP contribution in [0.15, 0.2) is 42.7 Å². The minimum atomic E-state index is -0.294. The molecular weight excluding hydrogens is 204 g/mol. The summed E-state index contributed by atoms with van der Waals surface area (Å²) in [5.74, 6) is -0.478. The highest BCUT2D eigenvalue weighted by Gasteiger charge is 2.14. The van der Waals surface area contributed by atoms with Crippen LogP contribution in [0.3, 0.4) is 0 Å². The first-order chi connectivity index (χ1) is 7.70. The maximum Gasteiger partial charge on any atom is 0.198 e. The second kappa shape index (κ2) is 4.02. The lowest BCUT2D eigenvalue weighted by molar-refractivity contribution is 0.103. The number of anilines is 1. The van der Waals surface area contributed by atoms with E-state index in [1.54, 1.807) is 24.4 Å². The molecule has 0 fully saturated rings. The van der Waals surface area contributed by atoms with Crippen molar-refractivity contribution in [2.24, 2.45) is 0 Å². The van der Waals surface area contributed by atoms with Gasteiger partial charge >= 0.3 is 0 Å². The lowest BCUT2D eigenvalue weighted by atomic mass is 10.0. The molecule has 0 spiro atoms. The molecule has 0 unspecified atom stereocenters. The van der Waals surface area contributed by atoms with Gasteiger partial charge in [0.2, 0.25) is 0 Å². The summed E-state index contributed by atoms with van der Waals surface area (Å²) in [6, 6.07) is 7.99. The van der Waals surface area contributed by atoms with Crippen molar-refractivity contribution in [3.05, 3.63) is 53.9 Å². The maximum absolute atomic E-state index is 12.0. The van der Waals surface area contributed by atoms with E-state index in [1.807, 2.05) is 0 Å². The monoisotopic (exact) mass is 214 g/mol. The second-order valence-corrected chi connectivity index (χ2v) is 3.31. The van der Waals surface area contributed by atoms with Gasteiger partial charge in [-0.25, -0.2) is 0 Å². The van der Waals surface area contributed by atoms with Crippen LogP contribution in [0.1, 0.15) is 15.9 Å². The number of nitrogen functional groups attached to an aromatic ring is 1. The number of ketones is 1. The molecule has 0 radical (unpaired) electrons. The molecule has 0 bridgehead atoms. The summed E-state index contributed by atoms with van der Waals surface area (Å²) in [7, 11) is 0.